The number of benzene rings is 2. The van der Waals surface area contributed by atoms with Gasteiger partial charge >= 0.3 is 6.18 Å². The quantitative estimate of drug-likeness (QED) is 0.619. The predicted molar refractivity (Wildman–Crippen MR) is 86.4 cm³/mol. The molecule has 0 bridgehead atoms. The normalized spacial score (nSPS) is 11.3. The minimum Gasteiger partial charge on any atom is -0.340 e. The van der Waals surface area contributed by atoms with E-state index in [0.29, 0.717) is 0 Å². The van der Waals surface area contributed by atoms with E-state index in [1.165, 1.54) is 24.3 Å². The molecule has 0 unspecified atom stereocenters. The van der Waals surface area contributed by atoms with Crippen molar-refractivity contribution < 1.29 is 22.0 Å². The fourth-order valence-corrected chi connectivity index (χ4v) is 2.16. The highest BCUT2D eigenvalue weighted by atomic mass is 19.4. The largest absolute Gasteiger partial charge is 0.416 e. The summed E-state index contributed by atoms with van der Waals surface area (Å²) in [6, 6.07) is 9.23. The van der Waals surface area contributed by atoms with E-state index in [4.69, 9.17) is 0 Å². The Hall–Kier alpha value is -3.23. The smallest absolute Gasteiger partial charge is 0.340 e. The Balaban J connectivity index is 1.82. The SMILES string of the molecule is Fc1cccc(F)c1Nc1cc(Nc2cccc(C(F)(F)F)c2)ncn1. The average Bonchev–Trinajstić information content (AvgIpc) is 2.58. The predicted octanol–water partition coefficient (Wildman–Crippen LogP) is 5.26. The maximum Gasteiger partial charge on any atom is 0.416 e. The highest BCUT2D eigenvalue weighted by Gasteiger charge is 2.30. The van der Waals surface area contributed by atoms with Crippen LogP contribution in [0.1, 0.15) is 5.56 Å². The molecular weight excluding hydrogens is 355 g/mol. The monoisotopic (exact) mass is 366 g/mol. The van der Waals surface area contributed by atoms with Crippen LogP contribution in [-0.4, -0.2) is 9.97 Å². The average molecular weight is 366 g/mol. The summed E-state index contributed by atoms with van der Waals surface area (Å²) >= 11 is 0. The van der Waals surface area contributed by atoms with Crippen LogP contribution in [0, 0.1) is 11.6 Å². The van der Waals surface area contributed by atoms with Gasteiger partial charge in [-0.2, -0.15) is 13.2 Å². The van der Waals surface area contributed by atoms with Gasteiger partial charge in [0, 0.05) is 11.8 Å². The summed E-state index contributed by atoms with van der Waals surface area (Å²) in [5.74, 6) is -1.40. The van der Waals surface area contributed by atoms with Crippen molar-refractivity contribution in [3.05, 3.63) is 72.1 Å². The highest BCUT2D eigenvalue weighted by Crippen LogP contribution is 2.31. The second-order valence-electron chi connectivity index (χ2n) is 5.21. The van der Waals surface area contributed by atoms with Crippen LogP contribution in [0.5, 0.6) is 0 Å². The summed E-state index contributed by atoms with van der Waals surface area (Å²) in [6.45, 7) is 0. The van der Waals surface area contributed by atoms with Crippen LogP contribution in [0.2, 0.25) is 0 Å². The van der Waals surface area contributed by atoms with Gasteiger partial charge in [0.25, 0.3) is 0 Å². The van der Waals surface area contributed by atoms with Crippen LogP contribution >= 0.6 is 0 Å². The molecule has 0 aliphatic carbocycles. The number of anilines is 4. The first-order valence-electron chi connectivity index (χ1n) is 7.30. The fraction of sp³-hybridized carbons (Fsp3) is 0.0588. The molecule has 2 aromatic carbocycles. The van der Waals surface area contributed by atoms with Crippen molar-refractivity contribution in [3.63, 3.8) is 0 Å². The molecule has 0 amide bonds. The van der Waals surface area contributed by atoms with Crippen LogP contribution in [-0.2, 0) is 6.18 Å². The van der Waals surface area contributed by atoms with Crippen molar-refractivity contribution in [3.8, 4) is 0 Å². The minimum atomic E-state index is -4.47. The van der Waals surface area contributed by atoms with Crippen LogP contribution < -0.4 is 10.6 Å². The molecule has 26 heavy (non-hydrogen) atoms. The topological polar surface area (TPSA) is 49.8 Å². The maximum absolute atomic E-state index is 13.7. The van der Waals surface area contributed by atoms with E-state index in [0.717, 1.165) is 30.6 Å². The Morgan fingerprint density at radius 1 is 0.769 bits per heavy atom. The molecule has 0 atom stereocenters. The van der Waals surface area contributed by atoms with E-state index < -0.39 is 29.1 Å². The number of nitrogens with one attached hydrogen (secondary N) is 2. The zero-order chi connectivity index (χ0) is 18.7. The number of rotatable bonds is 4. The molecule has 0 aliphatic rings. The number of alkyl halides is 3. The molecular formula is C17H11F5N4. The number of hydrogen-bond donors (Lipinski definition) is 2. The lowest BCUT2D eigenvalue weighted by molar-refractivity contribution is -0.137. The molecule has 9 heteroatoms. The summed E-state index contributed by atoms with van der Waals surface area (Å²) in [4.78, 5) is 7.72. The minimum absolute atomic E-state index is 0.0680. The van der Waals surface area contributed by atoms with Crippen molar-refractivity contribution in [2.24, 2.45) is 0 Å². The summed E-state index contributed by atoms with van der Waals surface area (Å²) < 4.78 is 65.6. The molecule has 0 aliphatic heterocycles. The Morgan fingerprint density at radius 2 is 1.38 bits per heavy atom. The Bertz CT molecular complexity index is 907. The third-order valence-electron chi connectivity index (χ3n) is 3.35. The molecule has 2 N–H and O–H groups in total. The van der Waals surface area contributed by atoms with Crippen LogP contribution in [0.4, 0.5) is 45.0 Å². The third-order valence-corrected chi connectivity index (χ3v) is 3.35. The molecule has 0 saturated carbocycles. The van der Waals surface area contributed by atoms with Crippen LogP contribution in [0.3, 0.4) is 0 Å². The van der Waals surface area contributed by atoms with Gasteiger partial charge in [0.1, 0.15) is 35.3 Å². The van der Waals surface area contributed by atoms with E-state index in [1.54, 1.807) is 0 Å². The van der Waals surface area contributed by atoms with Crippen molar-refractivity contribution in [2.45, 2.75) is 6.18 Å². The van der Waals surface area contributed by atoms with E-state index in [-0.39, 0.29) is 17.3 Å². The molecule has 0 radical (unpaired) electrons. The molecule has 3 aromatic rings. The van der Waals surface area contributed by atoms with Gasteiger partial charge in [-0.25, -0.2) is 18.7 Å². The highest BCUT2D eigenvalue weighted by molar-refractivity contribution is 5.63. The molecule has 3 rings (SSSR count). The van der Waals surface area contributed by atoms with E-state index >= 15 is 0 Å². The van der Waals surface area contributed by atoms with Crippen molar-refractivity contribution in [1.29, 1.82) is 0 Å². The molecule has 0 saturated heterocycles. The zero-order valence-corrected chi connectivity index (χ0v) is 13.0. The van der Waals surface area contributed by atoms with Gasteiger partial charge in [0.05, 0.1) is 5.56 Å². The Labute approximate surface area is 144 Å². The molecule has 1 heterocycles. The molecule has 1 aromatic heterocycles. The van der Waals surface area contributed by atoms with Gasteiger partial charge < -0.3 is 10.6 Å². The third kappa shape index (κ3) is 4.05. The van der Waals surface area contributed by atoms with Crippen molar-refractivity contribution in [1.82, 2.24) is 9.97 Å². The second kappa shape index (κ2) is 6.95. The van der Waals surface area contributed by atoms with Gasteiger partial charge in [-0.1, -0.05) is 12.1 Å². The first kappa shape index (κ1) is 17.6. The standard InChI is InChI=1S/C17H11F5N4/c18-12-5-2-6-13(19)16(12)26-15-8-14(23-9-24-15)25-11-4-1-3-10(7-11)17(20,21)22/h1-9H,(H2,23,24,25,26). The molecule has 0 fully saturated rings. The number of para-hydroxylation sites is 1. The van der Waals surface area contributed by atoms with Gasteiger partial charge in [-0.3, -0.25) is 0 Å². The molecule has 134 valence electrons. The first-order chi connectivity index (χ1) is 12.3. The summed E-state index contributed by atoms with van der Waals surface area (Å²) in [5.41, 5.74) is -1.05. The van der Waals surface area contributed by atoms with Gasteiger partial charge in [-0.15, -0.1) is 0 Å². The van der Waals surface area contributed by atoms with Crippen LogP contribution in [0.25, 0.3) is 0 Å². The van der Waals surface area contributed by atoms with E-state index in [9.17, 15) is 22.0 Å². The summed E-state index contributed by atoms with van der Waals surface area (Å²) in [5, 5.41) is 5.17. The maximum atomic E-state index is 13.7. The fourth-order valence-electron chi connectivity index (χ4n) is 2.16. The molecule has 0 spiro atoms. The summed E-state index contributed by atoms with van der Waals surface area (Å²) in [6.07, 6.45) is -3.37. The van der Waals surface area contributed by atoms with Gasteiger partial charge in [0.2, 0.25) is 0 Å². The molecule has 4 nitrogen and oxygen atoms in total. The van der Waals surface area contributed by atoms with Crippen LogP contribution in [0.15, 0.2) is 54.9 Å². The lowest BCUT2D eigenvalue weighted by atomic mass is 10.2. The van der Waals surface area contributed by atoms with Gasteiger partial charge in [-0.05, 0) is 30.3 Å². The van der Waals surface area contributed by atoms with Gasteiger partial charge in [0.15, 0.2) is 0 Å². The van der Waals surface area contributed by atoms with E-state index in [2.05, 4.69) is 20.6 Å². The van der Waals surface area contributed by atoms with E-state index in [1.807, 2.05) is 0 Å². The second-order valence-corrected chi connectivity index (χ2v) is 5.21. The number of aromatic nitrogens is 2. The Morgan fingerprint density at radius 3 is 2.04 bits per heavy atom. The lowest BCUT2D eigenvalue weighted by Gasteiger charge is -2.11. The number of hydrogen-bond acceptors (Lipinski definition) is 4. The van der Waals surface area contributed by atoms with Crippen molar-refractivity contribution in [2.75, 3.05) is 10.6 Å². The Kier molecular flexibility index (Phi) is 4.70. The first-order valence-corrected chi connectivity index (χ1v) is 7.30. The number of nitrogens with zero attached hydrogens (tertiary/aromatic N) is 2. The summed E-state index contributed by atoms with van der Waals surface area (Å²) in [7, 11) is 0. The van der Waals surface area contributed by atoms with Crippen molar-refractivity contribution >= 4 is 23.0 Å². The lowest BCUT2D eigenvalue weighted by Crippen LogP contribution is -2.05. The zero-order valence-electron chi connectivity index (χ0n) is 13.0. The number of halogens is 5.